The molecule has 0 fully saturated rings. The standard InChI is InChI=1S/C15H10ClNO5S2/c1-24(19,20)22-12-5-4-10(16)7-9(12)8-11-15(18)21-14(17-11)13-3-2-6-23-13/h2-8H,1H3. The summed E-state index contributed by atoms with van der Waals surface area (Å²) in [5, 5.41) is 2.19. The Hall–Kier alpha value is -2.16. The molecular weight excluding hydrogens is 374 g/mol. The van der Waals surface area contributed by atoms with Crippen molar-refractivity contribution in [3.63, 3.8) is 0 Å². The van der Waals surface area contributed by atoms with Crippen molar-refractivity contribution in [1.29, 1.82) is 0 Å². The van der Waals surface area contributed by atoms with Crippen LogP contribution in [0.1, 0.15) is 10.4 Å². The number of benzene rings is 1. The van der Waals surface area contributed by atoms with Gasteiger partial charge in [-0.25, -0.2) is 9.79 Å². The van der Waals surface area contributed by atoms with Crippen LogP contribution < -0.4 is 4.18 Å². The van der Waals surface area contributed by atoms with Gasteiger partial charge in [-0.1, -0.05) is 17.7 Å². The summed E-state index contributed by atoms with van der Waals surface area (Å²) in [7, 11) is -3.73. The van der Waals surface area contributed by atoms with E-state index in [2.05, 4.69) is 4.99 Å². The molecule has 1 aromatic heterocycles. The number of thiophene rings is 1. The van der Waals surface area contributed by atoms with Crippen molar-refractivity contribution in [2.45, 2.75) is 0 Å². The molecule has 0 saturated heterocycles. The molecule has 0 bridgehead atoms. The molecular formula is C15H10ClNO5S2. The Morgan fingerprint density at radius 3 is 2.79 bits per heavy atom. The van der Waals surface area contributed by atoms with Crippen LogP contribution in [0.2, 0.25) is 5.02 Å². The summed E-state index contributed by atoms with van der Waals surface area (Å²) in [6.07, 6.45) is 2.30. The Kier molecular flexibility index (Phi) is 4.44. The fourth-order valence-corrected chi connectivity index (χ4v) is 3.24. The van der Waals surface area contributed by atoms with Gasteiger partial charge in [-0.15, -0.1) is 11.3 Å². The first kappa shape index (κ1) is 16.7. The number of carbonyl (C=O) groups is 1. The Bertz CT molecular complexity index is 962. The summed E-state index contributed by atoms with van der Waals surface area (Å²) in [6, 6.07) is 7.95. The van der Waals surface area contributed by atoms with Crippen LogP contribution in [0.25, 0.3) is 6.08 Å². The molecule has 124 valence electrons. The first-order valence-corrected chi connectivity index (χ1v) is 9.65. The van der Waals surface area contributed by atoms with Gasteiger partial charge in [-0.3, -0.25) is 0 Å². The number of aliphatic imine (C=N–C) groups is 1. The fraction of sp³-hybridized carbons (Fsp3) is 0.0667. The number of hydrogen-bond acceptors (Lipinski definition) is 7. The smallest absolute Gasteiger partial charge is 0.363 e. The number of halogens is 1. The van der Waals surface area contributed by atoms with Crippen molar-refractivity contribution in [2.75, 3.05) is 6.26 Å². The molecule has 0 unspecified atom stereocenters. The van der Waals surface area contributed by atoms with Gasteiger partial charge in [-0.05, 0) is 35.7 Å². The van der Waals surface area contributed by atoms with E-state index in [1.807, 2.05) is 11.4 Å². The van der Waals surface area contributed by atoms with Crippen LogP contribution in [0.5, 0.6) is 5.75 Å². The first-order valence-electron chi connectivity index (χ1n) is 6.57. The Labute approximate surface area is 147 Å². The van der Waals surface area contributed by atoms with Crippen LogP contribution in [0.4, 0.5) is 0 Å². The van der Waals surface area contributed by atoms with Gasteiger partial charge in [0.2, 0.25) is 5.90 Å². The largest absolute Gasteiger partial charge is 0.401 e. The maximum absolute atomic E-state index is 12.0. The average Bonchev–Trinajstić information content (AvgIpc) is 3.11. The lowest BCUT2D eigenvalue weighted by Gasteiger charge is -2.07. The predicted molar refractivity (Wildman–Crippen MR) is 91.8 cm³/mol. The predicted octanol–water partition coefficient (Wildman–Crippen LogP) is 3.08. The van der Waals surface area contributed by atoms with Gasteiger partial charge < -0.3 is 8.92 Å². The van der Waals surface area contributed by atoms with E-state index in [4.69, 9.17) is 20.5 Å². The van der Waals surface area contributed by atoms with E-state index in [9.17, 15) is 13.2 Å². The third-order valence-electron chi connectivity index (χ3n) is 2.86. The van der Waals surface area contributed by atoms with Crippen molar-refractivity contribution >= 4 is 51.0 Å². The molecule has 0 N–H and O–H groups in total. The van der Waals surface area contributed by atoms with Crippen molar-refractivity contribution < 1.29 is 22.1 Å². The molecule has 0 amide bonds. The summed E-state index contributed by atoms with van der Waals surface area (Å²) in [5.74, 6) is -0.389. The van der Waals surface area contributed by atoms with Gasteiger partial charge >= 0.3 is 16.1 Å². The average molecular weight is 384 g/mol. The SMILES string of the molecule is CS(=O)(=O)Oc1ccc(Cl)cc1C=C1N=C(c2cccs2)OC1=O. The van der Waals surface area contributed by atoms with Gasteiger partial charge in [0.25, 0.3) is 0 Å². The lowest BCUT2D eigenvalue weighted by atomic mass is 10.1. The van der Waals surface area contributed by atoms with Gasteiger partial charge in [-0.2, -0.15) is 8.42 Å². The zero-order valence-electron chi connectivity index (χ0n) is 12.2. The zero-order valence-corrected chi connectivity index (χ0v) is 14.6. The van der Waals surface area contributed by atoms with E-state index in [-0.39, 0.29) is 17.3 Å². The number of cyclic esters (lactones) is 1. The van der Waals surface area contributed by atoms with Crippen LogP contribution >= 0.6 is 22.9 Å². The van der Waals surface area contributed by atoms with E-state index >= 15 is 0 Å². The molecule has 0 radical (unpaired) electrons. The molecule has 9 heteroatoms. The van der Waals surface area contributed by atoms with Crippen LogP contribution in [0, 0.1) is 0 Å². The summed E-state index contributed by atoms with van der Waals surface area (Å²) in [4.78, 5) is 16.8. The molecule has 0 aliphatic carbocycles. The van der Waals surface area contributed by atoms with Crippen molar-refractivity contribution in [3.8, 4) is 5.75 Å². The topological polar surface area (TPSA) is 82.0 Å². The molecule has 3 rings (SSSR count). The molecule has 2 aromatic rings. The summed E-state index contributed by atoms with van der Waals surface area (Å²) in [6.45, 7) is 0. The van der Waals surface area contributed by atoms with Crippen LogP contribution in [-0.2, 0) is 19.6 Å². The number of ether oxygens (including phenoxy) is 1. The summed E-state index contributed by atoms with van der Waals surface area (Å²) < 4.78 is 32.7. The monoisotopic (exact) mass is 383 g/mol. The third kappa shape index (κ3) is 3.84. The number of rotatable bonds is 4. The third-order valence-corrected chi connectivity index (χ3v) is 4.43. The van der Waals surface area contributed by atoms with Crippen molar-refractivity contribution in [2.24, 2.45) is 4.99 Å². The normalized spacial score (nSPS) is 16.2. The van der Waals surface area contributed by atoms with Crippen molar-refractivity contribution in [3.05, 3.63) is 56.9 Å². The lowest BCUT2D eigenvalue weighted by molar-refractivity contribution is -0.129. The van der Waals surface area contributed by atoms with E-state index in [0.717, 1.165) is 6.26 Å². The van der Waals surface area contributed by atoms with E-state index in [1.165, 1.54) is 35.6 Å². The van der Waals surface area contributed by atoms with Gasteiger partial charge in [0.1, 0.15) is 5.75 Å². The zero-order chi connectivity index (χ0) is 17.3. The minimum atomic E-state index is -3.73. The molecule has 1 aromatic carbocycles. The molecule has 1 aliphatic heterocycles. The van der Waals surface area contributed by atoms with Gasteiger partial charge in [0.05, 0.1) is 11.1 Å². The van der Waals surface area contributed by atoms with Crippen LogP contribution in [0.15, 0.2) is 46.4 Å². The summed E-state index contributed by atoms with van der Waals surface area (Å²) >= 11 is 7.32. The molecule has 2 heterocycles. The highest BCUT2D eigenvalue weighted by Crippen LogP contribution is 2.28. The molecule has 6 nitrogen and oxygen atoms in total. The first-order chi connectivity index (χ1) is 11.3. The van der Waals surface area contributed by atoms with E-state index < -0.39 is 16.1 Å². The van der Waals surface area contributed by atoms with Gasteiger partial charge in [0, 0.05) is 10.6 Å². The second kappa shape index (κ2) is 6.39. The van der Waals surface area contributed by atoms with Gasteiger partial charge in [0.15, 0.2) is 5.70 Å². The number of carbonyl (C=O) groups excluding carboxylic acids is 1. The van der Waals surface area contributed by atoms with Crippen LogP contribution in [0.3, 0.4) is 0 Å². The number of hydrogen-bond donors (Lipinski definition) is 0. The fourth-order valence-electron chi connectivity index (χ4n) is 1.93. The Morgan fingerprint density at radius 2 is 2.12 bits per heavy atom. The maximum Gasteiger partial charge on any atom is 0.363 e. The second-order valence-electron chi connectivity index (χ2n) is 4.78. The molecule has 0 spiro atoms. The van der Waals surface area contributed by atoms with Crippen molar-refractivity contribution in [1.82, 2.24) is 0 Å². The molecule has 0 atom stereocenters. The number of nitrogens with zero attached hydrogens (tertiary/aromatic N) is 1. The molecule has 24 heavy (non-hydrogen) atoms. The lowest BCUT2D eigenvalue weighted by Crippen LogP contribution is -2.07. The Balaban J connectivity index is 2.02. The number of esters is 1. The highest BCUT2D eigenvalue weighted by Gasteiger charge is 2.25. The minimum Gasteiger partial charge on any atom is -0.401 e. The maximum atomic E-state index is 12.0. The molecule has 1 aliphatic rings. The van der Waals surface area contributed by atoms with E-state index in [0.29, 0.717) is 15.5 Å². The molecule has 0 saturated carbocycles. The summed E-state index contributed by atoms with van der Waals surface area (Å²) in [5.41, 5.74) is 0.329. The highest BCUT2D eigenvalue weighted by molar-refractivity contribution is 7.86. The Morgan fingerprint density at radius 1 is 1.33 bits per heavy atom. The quantitative estimate of drug-likeness (QED) is 0.460. The highest BCUT2D eigenvalue weighted by atomic mass is 35.5. The minimum absolute atomic E-state index is 0.0269. The van der Waals surface area contributed by atoms with E-state index in [1.54, 1.807) is 6.07 Å². The van der Waals surface area contributed by atoms with Crippen LogP contribution in [-0.4, -0.2) is 26.5 Å². The second-order valence-corrected chi connectivity index (χ2v) is 7.74.